The smallest absolute Gasteiger partial charge is 0.315 e. The molecule has 3 unspecified atom stereocenters. The topological polar surface area (TPSA) is 68.2 Å². The first-order valence-electron chi connectivity index (χ1n) is 7.88. The Morgan fingerprint density at radius 3 is 3.29 bits per heavy atom. The highest BCUT2D eigenvalue weighted by atomic mass is 16.5. The number of fused-ring (bicyclic) bond motifs is 1. The van der Waals surface area contributed by atoms with Crippen LogP contribution in [0.1, 0.15) is 32.0 Å². The van der Waals surface area contributed by atoms with Crippen LogP contribution in [0.25, 0.3) is 0 Å². The number of hydrogen-bond donors (Lipinski definition) is 2. The normalized spacial score (nSPS) is 26.1. The quantitative estimate of drug-likeness (QED) is 0.879. The van der Waals surface area contributed by atoms with Gasteiger partial charge in [0, 0.05) is 38.5 Å². The van der Waals surface area contributed by atoms with Crippen LogP contribution in [0.4, 0.5) is 4.79 Å². The minimum absolute atomic E-state index is 0.0674. The van der Waals surface area contributed by atoms with Gasteiger partial charge in [-0.1, -0.05) is 0 Å². The molecule has 0 saturated carbocycles. The molecule has 1 saturated heterocycles. The lowest BCUT2D eigenvalue weighted by atomic mass is 9.98. The lowest BCUT2D eigenvalue weighted by Crippen LogP contribution is -2.47. The van der Waals surface area contributed by atoms with Gasteiger partial charge in [0.1, 0.15) is 5.82 Å². The van der Waals surface area contributed by atoms with E-state index in [1.54, 1.807) is 0 Å². The third-order valence-electron chi connectivity index (χ3n) is 4.48. The van der Waals surface area contributed by atoms with Crippen molar-refractivity contribution in [3.8, 4) is 0 Å². The summed E-state index contributed by atoms with van der Waals surface area (Å²) in [5.41, 5.74) is 0. The molecule has 0 spiro atoms. The molecule has 116 valence electrons. The Hall–Kier alpha value is -1.56. The molecule has 1 aromatic rings. The first-order valence-corrected chi connectivity index (χ1v) is 7.88. The molecule has 21 heavy (non-hydrogen) atoms. The highest BCUT2D eigenvalue weighted by Crippen LogP contribution is 2.18. The Morgan fingerprint density at radius 2 is 2.48 bits per heavy atom. The molecule has 0 radical (unpaired) electrons. The van der Waals surface area contributed by atoms with Gasteiger partial charge in [-0.2, -0.15) is 0 Å². The second kappa shape index (κ2) is 6.47. The van der Waals surface area contributed by atoms with Crippen molar-refractivity contribution in [2.45, 2.75) is 51.3 Å². The van der Waals surface area contributed by atoms with Gasteiger partial charge < -0.3 is 19.9 Å². The van der Waals surface area contributed by atoms with Crippen molar-refractivity contribution in [2.75, 3.05) is 13.2 Å². The number of urea groups is 1. The van der Waals surface area contributed by atoms with E-state index in [0.29, 0.717) is 12.5 Å². The van der Waals surface area contributed by atoms with E-state index in [1.165, 1.54) is 0 Å². The lowest BCUT2D eigenvalue weighted by Gasteiger charge is -2.25. The summed E-state index contributed by atoms with van der Waals surface area (Å²) in [4.78, 5) is 16.3. The van der Waals surface area contributed by atoms with E-state index in [1.807, 2.05) is 19.3 Å². The number of nitrogens with zero attached hydrogens (tertiary/aromatic N) is 2. The molecule has 3 rings (SSSR count). The zero-order valence-electron chi connectivity index (χ0n) is 12.5. The van der Waals surface area contributed by atoms with Gasteiger partial charge in [0.05, 0.1) is 12.1 Å². The monoisotopic (exact) mass is 292 g/mol. The van der Waals surface area contributed by atoms with Crippen molar-refractivity contribution in [1.29, 1.82) is 0 Å². The number of ether oxygens (including phenoxy) is 1. The summed E-state index contributed by atoms with van der Waals surface area (Å²) >= 11 is 0. The first kappa shape index (κ1) is 14.4. The maximum atomic E-state index is 11.9. The summed E-state index contributed by atoms with van der Waals surface area (Å²) in [7, 11) is 0. The molecular weight excluding hydrogens is 268 g/mol. The van der Waals surface area contributed by atoms with Gasteiger partial charge in [-0.15, -0.1) is 0 Å². The van der Waals surface area contributed by atoms with Crippen molar-refractivity contribution in [3.05, 3.63) is 18.2 Å². The minimum Gasteiger partial charge on any atom is -0.376 e. The number of amides is 2. The molecule has 3 heterocycles. The van der Waals surface area contributed by atoms with Gasteiger partial charge in [0.25, 0.3) is 0 Å². The fourth-order valence-corrected chi connectivity index (χ4v) is 3.17. The predicted octanol–water partition coefficient (Wildman–Crippen LogP) is 1.31. The highest BCUT2D eigenvalue weighted by Gasteiger charge is 2.24. The van der Waals surface area contributed by atoms with Crippen LogP contribution in [-0.2, 0) is 17.7 Å². The fourth-order valence-electron chi connectivity index (χ4n) is 3.17. The minimum atomic E-state index is -0.0908. The molecule has 1 aromatic heterocycles. The van der Waals surface area contributed by atoms with Crippen molar-refractivity contribution in [2.24, 2.45) is 5.92 Å². The third kappa shape index (κ3) is 3.56. The number of carbonyl (C=O) groups is 1. The summed E-state index contributed by atoms with van der Waals surface area (Å²) in [6.07, 6.45) is 8.19. The zero-order valence-corrected chi connectivity index (χ0v) is 12.5. The van der Waals surface area contributed by atoms with Crippen molar-refractivity contribution in [3.63, 3.8) is 0 Å². The summed E-state index contributed by atoms with van der Waals surface area (Å²) in [6, 6.07) is -0.0235. The van der Waals surface area contributed by atoms with E-state index in [-0.39, 0.29) is 18.2 Å². The summed E-state index contributed by atoms with van der Waals surface area (Å²) < 4.78 is 7.78. The Bertz CT molecular complexity index is 482. The standard InChI is InChI=1S/C15H24N4O2/c1-11(13-3-2-8-21-13)18-15(20)17-10-12-4-6-19-7-5-16-14(19)9-12/h5,7,11-13H,2-4,6,8-10H2,1H3,(H2,17,18,20). The van der Waals surface area contributed by atoms with Crippen LogP contribution in [-0.4, -0.2) is 40.9 Å². The molecular formula is C15H24N4O2. The van der Waals surface area contributed by atoms with Crippen LogP contribution >= 0.6 is 0 Å². The molecule has 0 aliphatic carbocycles. The molecule has 6 heteroatoms. The van der Waals surface area contributed by atoms with Crippen molar-refractivity contribution >= 4 is 6.03 Å². The van der Waals surface area contributed by atoms with E-state index in [9.17, 15) is 4.79 Å². The maximum Gasteiger partial charge on any atom is 0.315 e. The number of hydrogen-bond acceptors (Lipinski definition) is 3. The van der Waals surface area contributed by atoms with E-state index in [2.05, 4.69) is 20.2 Å². The van der Waals surface area contributed by atoms with E-state index >= 15 is 0 Å². The van der Waals surface area contributed by atoms with E-state index < -0.39 is 0 Å². The van der Waals surface area contributed by atoms with Crippen molar-refractivity contribution in [1.82, 2.24) is 20.2 Å². The number of imidazole rings is 1. The number of rotatable bonds is 4. The lowest BCUT2D eigenvalue weighted by molar-refractivity contribution is 0.0859. The maximum absolute atomic E-state index is 11.9. The number of aryl methyl sites for hydroxylation is 1. The van der Waals surface area contributed by atoms with Crippen LogP contribution in [0.5, 0.6) is 0 Å². The van der Waals surface area contributed by atoms with Gasteiger partial charge in [-0.05, 0) is 32.1 Å². The predicted molar refractivity (Wildman–Crippen MR) is 79.0 cm³/mol. The van der Waals surface area contributed by atoms with Crippen LogP contribution in [0.15, 0.2) is 12.4 Å². The number of carbonyl (C=O) groups excluding carboxylic acids is 1. The Kier molecular flexibility index (Phi) is 4.43. The molecule has 2 aliphatic heterocycles. The number of aromatic nitrogens is 2. The van der Waals surface area contributed by atoms with Gasteiger partial charge >= 0.3 is 6.03 Å². The second-order valence-corrected chi connectivity index (χ2v) is 6.09. The number of nitrogens with one attached hydrogen (secondary N) is 2. The largest absolute Gasteiger partial charge is 0.376 e. The van der Waals surface area contributed by atoms with Crippen LogP contribution in [0, 0.1) is 5.92 Å². The second-order valence-electron chi connectivity index (χ2n) is 6.09. The SMILES string of the molecule is CC(NC(=O)NCC1CCn2ccnc2C1)C1CCCO1. The average Bonchev–Trinajstić information content (AvgIpc) is 3.15. The van der Waals surface area contributed by atoms with Crippen LogP contribution < -0.4 is 10.6 Å². The molecule has 0 aromatic carbocycles. The molecule has 2 amide bonds. The Balaban J connectivity index is 1.40. The summed E-state index contributed by atoms with van der Waals surface area (Å²) in [5.74, 6) is 1.60. The zero-order chi connectivity index (χ0) is 14.7. The van der Waals surface area contributed by atoms with Crippen molar-refractivity contribution < 1.29 is 9.53 Å². The van der Waals surface area contributed by atoms with Crippen LogP contribution in [0.3, 0.4) is 0 Å². The highest BCUT2D eigenvalue weighted by molar-refractivity contribution is 5.74. The van der Waals surface area contributed by atoms with Gasteiger partial charge in [0.15, 0.2) is 0 Å². The summed E-state index contributed by atoms with van der Waals surface area (Å²) in [6.45, 7) is 4.52. The molecule has 2 aliphatic rings. The van der Waals surface area contributed by atoms with Crippen LogP contribution in [0.2, 0.25) is 0 Å². The Morgan fingerprint density at radius 1 is 1.57 bits per heavy atom. The molecule has 0 bridgehead atoms. The Labute approximate surface area is 125 Å². The molecule has 3 atom stereocenters. The summed E-state index contributed by atoms with van der Waals surface area (Å²) in [5, 5.41) is 5.97. The van der Waals surface area contributed by atoms with E-state index in [0.717, 1.165) is 44.7 Å². The van der Waals surface area contributed by atoms with Gasteiger partial charge in [0.2, 0.25) is 0 Å². The fraction of sp³-hybridized carbons (Fsp3) is 0.733. The molecule has 2 N–H and O–H groups in total. The third-order valence-corrected chi connectivity index (χ3v) is 4.48. The first-order chi connectivity index (χ1) is 10.2. The average molecular weight is 292 g/mol. The van der Waals surface area contributed by atoms with Gasteiger partial charge in [-0.3, -0.25) is 0 Å². The van der Waals surface area contributed by atoms with E-state index in [4.69, 9.17) is 4.74 Å². The molecule has 1 fully saturated rings. The van der Waals surface area contributed by atoms with Gasteiger partial charge in [-0.25, -0.2) is 9.78 Å². The molecule has 6 nitrogen and oxygen atoms in total.